The Balaban J connectivity index is 2.59. The molecule has 0 aliphatic rings. The van der Waals surface area contributed by atoms with Gasteiger partial charge in [0.15, 0.2) is 0 Å². The van der Waals surface area contributed by atoms with Crippen LogP contribution in [-0.4, -0.2) is 29.2 Å². The van der Waals surface area contributed by atoms with E-state index in [2.05, 4.69) is 17.0 Å². The number of likely N-dealkylation sites (N-methyl/N-ethyl adjacent to an activating group) is 1. The summed E-state index contributed by atoms with van der Waals surface area (Å²) < 4.78 is 0. The molecule has 0 amide bonds. The van der Waals surface area contributed by atoms with Gasteiger partial charge in [-0.15, -0.1) is 0 Å². The molecule has 0 heterocycles. The molecule has 0 spiro atoms. The summed E-state index contributed by atoms with van der Waals surface area (Å²) >= 11 is 0. The van der Waals surface area contributed by atoms with E-state index in [0.717, 1.165) is 12.1 Å². The minimum atomic E-state index is -0.653. The fourth-order valence-electron chi connectivity index (χ4n) is 1.88. The highest BCUT2D eigenvalue weighted by molar-refractivity contribution is 5.23. The third kappa shape index (κ3) is 4.75. The molecule has 0 fully saturated rings. The van der Waals surface area contributed by atoms with Gasteiger partial charge in [0.2, 0.25) is 0 Å². The molecule has 90 valence electrons. The molecule has 0 atom stereocenters. The summed E-state index contributed by atoms with van der Waals surface area (Å²) in [4.78, 5) is 2.11. The molecule has 3 N–H and O–H groups in total. The smallest absolute Gasteiger partial charge is 0.0718 e. The predicted molar refractivity (Wildman–Crippen MR) is 67.0 cm³/mol. The van der Waals surface area contributed by atoms with E-state index < -0.39 is 5.60 Å². The van der Waals surface area contributed by atoms with Crippen molar-refractivity contribution < 1.29 is 5.11 Å². The van der Waals surface area contributed by atoms with Crippen molar-refractivity contribution in [2.75, 3.05) is 13.6 Å². The molecule has 3 heteroatoms. The standard InChI is InChI=1S/C13H22N2O/c1-13(2,16)10-15(3)9-12-6-4-5-11(7-12)8-14/h4-7,16H,8-10,14H2,1-3H3. The number of rotatable bonds is 5. The van der Waals surface area contributed by atoms with E-state index in [0.29, 0.717) is 13.1 Å². The minimum absolute atomic E-state index is 0.572. The minimum Gasteiger partial charge on any atom is -0.389 e. The molecule has 0 radical (unpaired) electrons. The number of benzene rings is 1. The largest absolute Gasteiger partial charge is 0.389 e. The maximum absolute atomic E-state index is 9.71. The molecule has 0 saturated heterocycles. The first kappa shape index (κ1) is 13.2. The summed E-state index contributed by atoms with van der Waals surface area (Å²) in [5, 5.41) is 9.71. The van der Waals surface area contributed by atoms with E-state index in [1.54, 1.807) is 0 Å². The van der Waals surface area contributed by atoms with Crippen LogP contribution in [-0.2, 0) is 13.1 Å². The highest BCUT2D eigenvalue weighted by atomic mass is 16.3. The lowest BCUT2D eigenvalue weighted by molar-refractivity contribution is 0.0425. The number of hydrogen-bond acceptors (Lipinski definition) is 3. The number of aliphatic hydroxyl groups is 1. The van der Waals surface area contributed by atoms with Gasteiger partial charge >= 0.3 is 0 Å². The van der Waals surface area contributed by atoms with Crippen LogP contribution < -0.4 is 5.73 Å². The van der Waals surface area contributed by atoms with Crippen LogP contribution in [0.1, 0.15) is 25.0 Å². The van der Waals surface area contributed by atoms with Gasteiger partial charge in [-0.2, -0.15) is 0 Å². The average molecular weight is 222 g/mol. The predicted octanol–water partition coefficient (Wildman–Crippen LogP) is 1.35. The van der Waals surface area contributed by atoms with Crippen molar-refractivity contribution >= 4 is 0 Å². The Hall–Kier alpha value is -0.900. The van der Waals surface area contributed by atoms with Gasteiger partial charge in [0.05, 0.1) is 5.60 Å². The molecule has 1 rings (SSSR count). The van der Waals surface area contributed by atoms with Gasteiger partial charge in [-0.1, -0.05) is 24.3 Å². The lowest BCUT2D eigenvalue weighted by Gasteiger charge is -2.25. The van der Waals surface area contributed by atoms with Crippen LogP contribution in [0.4, 0.5) is 0 Å². The second-order valence-electron chi connectivity index (χ2n) is 5.01. The van der Waals surface area contributed by atoms with E-state index >= 15 is 0 Å². The van der Waals surface area contributed by atoms with Crippen LogP contribution in [0.25, 0.3) is 0 Å². The van der Waals surface area contributed by atoms with Crippen LogP contribution >= 0.6 is 0 Å². The number of nitrogens with zero attached hydrogens (tertiary/aromatic N) is 1. The summed E-state index contributed by atoms with van der Waals surface area (Å²) in [5.74, 6) is 0. The van der Waals surface area contributed by atoms with E-state index in [9.17, 15) is 5.11 Å². The van der Waals surface area contributed by atoms with Crippen molar-refractivity contribution in [3.63, 3.8) is 0 Å². The Labute approximate surface area is 97.9 Å². The maximum Gasteiger partial charge on any atom is 0.0718 e. The lowest BCUT2D eigenvalue weighted by atomic mass is 10.1. The molecule has 0 aromatic heterocycles. The molecular weight excluding hydrogens is 200 g/mol. The lowest BCUT2D eigenvalue weighted by Crippen LogP contribution is -2.35. The van der Waals surface area contributed by atoms with Crippen LogP contribution in [0.2, 0.25) is 0 Å². The SMILES string of the molecule is CN(Cc1cccc(CN)c1)CC(C)(C)O. The van der Waals surface area contributed by atoms with Crippen molar-refractivity contribution in [3.05, 3.63) is 35.4 Å². The first-order chi connectivity index (χ1) is 7.40. The molecule has 0 unspecified atom stereocenters. The highest BCUT2D eigenvalue weighted by Gasteiger charge is 2.15. The highest BCUT2D eigenvalue weighted by Crippen LogP contribution is 2.10. The topological polar surface area (TPSA) is 49.5 Å². The van der Waals surface area contributed by atoms with E-state index in [-0.39, 0.29) is 0 Å². The van der Waals surface area contributed by atoms with Gasteiger partial charge in [-0.25, -0.2) is 0 Å². The van der Waals surface area contributed by atoms with Crippen molar-refractivity contribution in [3.8, 4) is 0 Å². The van der Waals surface area contributed by atoms with Crippen molar-refractivity contribution in [1.29, 1.82) is 0 Å². The summed E-state index contributed by atoms with van der Waals surface area (Å²) in [7, 11) is 2.01. The molecule has 0 aliphatic heterocycles. The summed E-state index contributed by atoms with van der Waals surface area (Å²) in [6.45, 7) is 5.69. The summed E-state index contributed by atoms with van der Waals surface area (Å²) in [6.07, 6.45) is 0. The maximum atomic E-state index is 9.71. The molecule has 0 saturated carbocycles. The normalized spacial score (nSPS) is 12.1. The van der Waals surface area contributed by atoms with E-state index in [1.807, 2.05) is 33.0 Å². The van der Waals surface area contributed by atoms with E-state index in [1.165, 1.54) is 5.56 Å². The van der Waals surface area contributed by atoms with Crippen LogP contribution in [0.5, 0.6) is 0 Å². The number of hydrogen-bond donors (Lipinski definition) is 2. The first-order valence-electron chi connectivity index (χ1n) is 5.59. The van der Waals surface area contributed by atoms with Crippen LogP contribution in [0.15, 0.2) is 24.3 Å². The monoisotopic (exact) mass is 222 g/mol. The molecular formula is C13H22N2O. The molecule has 0 aliphatic carbocycles. The van der Waals surface area contributed by atoms with Gasteiger partial charge in [-0.05, 0) is 32.0 Å². The molecule has 1 aromatic rings. The first-order valence-corrected chi connectivity index (χ1v) is 5.59. The third-order valence-electron chi connectivity index (χ3n) is 2.34. The zero-order valence-corrected chi connectivity index (χ0v) is 10.4. The Morgan fingerprint density at radius 2 is 1.94 bits per heavy atom. The van der Waals surface area contributed by atoms with Gasteiger partial charge in [0, 0.05) is 19.6 Å². The Bertz CT molecular complexity index is 331. The number of nitrogens with two attached hydrogens (primary N) is 1. The average Bonchev–Trinajstić information content (AvgIpc) is 2.15. The zero-order chi connectivity index (χ0) is 12.2. The molecule has 3 nitrogen and oxygen atoms in total. The van der Waals surface area contributed by atoms with Gasteiger partial charge in [0.25, 0.3) is 0 Å². The zero-order valence-electron chi connectivity index (χ0n) is 10.4. The van der Waals surface area contributed by atoms with Crippen molar-refractivity contribution in [1.82, 2.24) is 4.90 Å². The second-order valence-corrected chi connectivity index (χ2v) is 5.01. The Morgan fingerprint density at radius 1 is 1.31 bits per heavy atom. The third-order valence-corrected chi connectivity index (χ3v) is 2.34. The quantitative estimate of drug-likeness (QED) is 0.790. The van der Waals surface area contributed by atoms with Gasteiger partial charge in [0.1, 0.15) is 0 Å². The second kappa shape index (κ2) is 5.43. The van der Waals surface area contributed by atoms with Crippen LogP contribution in [0, 0.1) is 0 Å². The summed E-state index contributed by atoms with van der Waals surface area (Å²) in [6, 6.07) is 8.25. The summed E-state index contributed by atoms with van der Waals surface area (Å²) in [5.41, 5.74) is 7.32. The van der Waals surface area contributed by atoms with Crippen molar-refractivity contribution in [2.45, 2.75) is 32.5 Å². The Kier molecular flexibility index (Phi) is 4.47. The van der Waals surface area contributed by atoms with E-state index in [4.69, 9.17) is 5.73 Å². The van der Waals surface area contributed by atoms with Gasteiger partial charge in [-0.3, -0.25) is 4.90 Å². The molecule has 1 aromatic carbocycles. The van der Waals surface area contributed by atoms with Crippen molar-refractivity contribution in [2.24, 2.45) is 5.73 Å². The fraction of sp³-hybridized carbons (Fsp3) is 0.538. The Morgan fingerprint density at radius 3 is 2.50 bits per heavy atom. The van der Waals surface area contributed by atoms with Crippen LogP contribution in [0.3, 0.4) is 0 Å². The molecule has 0 bridgehead atoms. The fourth-order valence-corrected chi connectivity index (χ4v) is 1.88. The van der Waals surface area contributed by atoms with Gasteiger partial charge < -0.3 is 10.8 Å². The molecule has 16 heavy (non-hydrogen) atoms.